The van der Waals surface area contributed by atoms with Gasteiger partial charge in [-0.05, 0) is 47.9 Å². The van der Waals surface area contributed by atoms with Gasteiger partial charge in [-0.3, -0.25) is 0 Å². The van der Waals surface area contributed by atoms with E-state index in [1.807, 2.05) is 6.07 Å². The number of hydrogen-bond acceptors (Lipinski definition) is 3. The number of nitrogens with zero attached hydrogens (tertiary/aromatic N) is 3. The quantitative estimate of drug-likeness (QED) is 0.841. The van der Waals surface area contributed by atoms with Crippen LogP contribution in [0.3, 0.4) is 0 Å². The minimum Gasteiger partial charge on any atom is -0.303 e. The second-order valence-corrected chi connectivity index (χ2v) is 5.35. The summed E-state index contributed by atoms with van der Waals surface area (Å²) in [6.45, 7) is 5.60. The van der Waals surface area contributed by atoms with E-state index in [1.54, 1.807) is 0 Å². The van der Waals surface area contributed by atoms with Gasteiger partial charge in [-0.2, -0.15) is 5.10 Å². The van der Waals surface area contributed by atoms with Crippen LogP contribution in [0.1, 0.15) is 31.4 Å². The zero-order valence-electron chi connectivity index (χ0n) is 9.29. The van der Waals surface area contributed by atoms with E-state index < -0.39 is 0 Å². The van der Waals surface area contributed by atoms with Crippen LogP contribution in [0.2, 0.25) is 5.15 Å². The Morgan fingerprint density at radius 3 is 3.06 bits per heavy atom. The first-order valence-corrected chi connectivity index (χ1v) is 6.78. The predicted octanol–water partition coefficient (Wildman–Crippen LogP) is 3.09. The summed E-state index contributed by atoms with van der Waals surface area (Å²) in [5, 5.41) is 8.58. The normalized spacial score (nSPS) is 22.3. The van der Waals surface area contributed by atoms with Gasteiger partial charge in [0.2, 0.25) is 0 Å². The molecule has 1 unspecified atom stereocenters. The molecule has 0 spiro atoms. The fraction of sp³-hybridized carbons (Fsp3) is 0.636. The number of piperidine rings is 1. The molecule has 1 aliphatic rings. The van der Waals surface area contributed by atoms with E-state index in [0.717, 1.165) is 23.3 Å². The van der Waals surface area contributed by atoms with Gasteiger partial charge in [-0.25, -0.2) is 0 Å². The molecule has 0 saturated carbocycles. The highest BCUT2D eigenvalue weighted by Gasteiger charge is 2.22. The molecular weight excluding hydrogens is 289 g/mol. The highest BCUT2D eigenvalue weighted by Crippen LogP contribution is 2.28. The zero-order valence-corrected chi connectivity index (χ0v) is 11.6. The van der Waals surface area contributed by atoms with E-state index in [2.05, 4.69) is 38.0 Å². The molecule has 2 rings (SSSR count). The largest absolute Gasteiger partial charge is 0.303 e. The molecule has 0 aromatic carbocycles. The van der Waals surface area contributed by atoms with Crippen LogP contribution in [0.15, 0.2) is 10.5 Å². The first-order valence-electron chi connectivity index (χ1n) is 5.61. The lowest BCUT2D eigenvalue weighted by atomic mass is 9.95. The van der Waals surface area contributed by atoms with Crippen LogP contribution in [0.25, 0.3) is 0 Å². The molecule has 1 saturated heterocycles. The Morgan fingerprint density at radius 2 is 2.38 bits per heavy atom. The molecule has 2 heterocycles. The molecule has 0 aliphatic carbocycles. The van der Waals surface area contributed by atoms with Gasteiger partial charge in [0.05, 0.1) is 10.2 Å². The highest BCUT2D eigenvalue weighted by atomic mass is 79.9. The minimum atomic E-state index is 0.437. The summed E-state index contributed by atoms with van der Waals surface area (Å²) in [5.41, 5.74) is 1.05. The zero-order chi connectivity index (χ0) is 11.5. The van der Waals surface area contributed by atoms with E-state index in [9.17, 15) is 0 Å². The van der Waals surface area contributed by atoms with E-state index in [1.165, 1.54) is 19.4 Å². The third kappa shape index (κ3) is 2.73. The predicted molar refractivity (Wildman–Crippen MR) is 68.8 cm³/mol. The van der Waals surface area contributed by atoms with Crippen molar-refractivity contribution in [3.63, 3.8) is 0 Å². The van der Waals surface area contributed by atoms with Gasteiger partial charge in [-0.15, -0.1) is 5.10 Å². The Morgan fingerprint density at radius 1 is 1.56 bits per heavy atom. The fourth-order valence-corrected chi connectivity index (χ4v) is 2.56. The molecule has 0 bridgehead atoms. The van der Waals surface area contributed by atoms with Crippen LogP contribution in [0, 0.1) is 0 Å². The van der Waals surface area contributed by atoms with Crippen LogP contribution < -0.4 is 0 Å². The monoisotopic (exact) mass is 303 g/mol. The average Bonchev–Trinajstić information content (AvgIpc) is 2.33. The van der Waals surface area contributed by atoms with Crippen molar-refractivity contribution in [2.45, 2.75) is 25.7 Å². The molecule has 1 atom stereocenters. The molecule has 3 nitrogen and oxygen atoms in total. The van der Waals surface area contributed by atoms with Crippen molar-refractivity contribution in [2.75, 3.05) is 19.6 Å². The molecular formula is C11H15BrClN3. The number of halogens is 2. The van der Waals surface area contributed by atoms with Gasteiger partial charge in [0.15, 0.2) is 5.15 Å². The molecule has 0 radical (unpaired) electrons. The molecule has 0 N–H and O–H groups in total. The standard InChI is InChI=1S/C11H15BrClN3/c1-2-16-5-3-4-8(7-16)10-6-9(12)11(13)15-14-10/h6,8H,2-5,7H2,1H3. The number of likely N-dealkylation sites (tertiary alicyclic amines) is 1. The van der Waals surface area contributed by atoms with Crippen LogP contribution in [-0.2, 0) is 0 Å². The Hall–Kier alpha value is -0.190. The van der Waals surface area contributed by atoms with Crippen LogP contribution in [0.4, 0.5) is 0 Å². The Kier molecular flexibility index (Phi) is 4.16. The number of hydrogen-bond donors (Lipinski definition) is 0. The Labute approximate surface area is 109 Å². The van der Waals surface area contributed by atoms with Gasteiger partial charge in [-0.1, -0.05) is 18.5 Å². The maximum absolute atomic E-state index is 5.84. The molecule has 1 aromatic rings. The molecule has 1 aliphatic heterocycles. The van der Waals surface area contributed by atoms with Crippen LogP contribution >= 0.6 is 27.5 Å². The topological polar surface area (TPSA) is 29.0 Å². The third-order valence-electron chi connectivity index (χ3n) is 3.10. The summed E-state index contributed by atoms with van der Waals surface area (Å²) < 4.78 is 0.841. The summed E-state index contributed by atoms with van der Waals surface area (Å²) in [6, 6.07) is 2.00. The lowest BCUT2D eigenvalue weighted by molar-refractivity contribution is 0.215. The first kappa shape index (κ1) is 12.3. The second kappa shape index (κ2) is 5.43. The SMILES string of the molecule is CCN1CCCC(c2cc(Br)c(Cl)nn2)C1. The maximum Gasteiger partial charge on any atom is 0.165 e. The van der Waals surface area contributed by atoms with Gasteiger partial charge >= 0.3 is 0 Å². The van der Waals surface area contributed by atoms with E-state index in [-0.39, 0.29) is 0 Å². The van der Waals surface area contributed by atoms with Crippen molar-refractivity contribution in [2.24, 2.45) is 0 Å². The summed E-state index contributed by atoms with van der Waals surface area (Å²) in [5.74, 6) is 0.495. The molecule has 5 heteroatoms. The van der Waals surface area contributed by atoms with E-state index in [4.69, 9.17) is 11.6 Å². The third-order valence-corrected chi connectivity index (χ3v) is 4.21. The summed E-state index contributed by atoms with van der Waals surface area (Å²) >= 11 is 9.24. The van der Waals surface area contributed by atoms with Crippen molar-refractivity contribution >= 4 is 27.5 Å². The second-order valence-electron chi connectivity index (χ2n) is 4.14. The van der Waals surface area contributed by atoms with Crippen molar-refractivity contribution in [3.05, 3.63) is 21.4 Å². The minimum absolute atomic E-state index is 0.437. The Balaban J connectivity index is 2.13. The van der Waals surface area contributed by atoms with Crippen LogP contribution in [-0.4, -0.2) is 34.7 Å². The van der Waals surface area contributed by atoms with Gasteiger partial charge in [0, 0.05) is 12.5 Å². The summed E-state index contributed by atoms with van der Waals surface area (Å²) in [6.07, 6.45) is 2.43. The molecule has 1 fully saturated rings. The molecule has 1 aromatic heterocycles. The van der Waals surface area contributed by atoms with Gasteiger partial charge in [0.25, 0.3) is 0 Å². The molecule has 88 valence electrons. The van der Waals surface area contributed by atoms with Crippen molar-refractivity contribution < 1.29 is 0 Å². The van der Waals surface area contributed by atoms with Gasteiger partial charge in [0.1, 0.15) is 0 Å². The average molecular weight is 305 g/mol. The maximum atomic E-state index is 5.84. The highest BCUT2D eigenvalue weighted by molar-refractivity contribution is 9.10. The van der Waals surface area contributed by atoms with Crippen molar-refractivity contribution in [1.82, 2.24) is 15.1 Å². The molecule has 16 heavy (non-hydrogen) atoms. The fourth-order valence-electron chi connectivity index (χ4n) is 2.15. The number of aromatic nitrogens is 2. The Bertz CT molecular complexity index is 372. The lowest BCUT2D eigenvalue weighted by Gasteiger charge is -2.31. The number of likely N-dealkylation sites (N-methyl/N-ethyl adjacent to an activating group) is 1. The smallest absolute Gasteiger partial charge is 0.165 e. The van der Waals surface area contributed by atoms with E-state index in [0.29, 0.717) is 11.1 Å². The van der Waals surface area contributed by atoms with Gasteiger partial charge < -0.3 is 4.90 Å². The summed E-state index contributed by atoms with van der Waals surface area (Å²) in [4.78, 5) is 2.46. The lowest BCUT2D eigenvalue weighted by Crippen LogP contribution is -2.34. The van der Waals surface area contributed by atoms with E-state index >= 15 is 0 Å². The van der Waals surface area contributed by atoms with Crippen molar-refractivity contribution in [3.8, 4) is 0 Å². The van der Waals surface area contributed by atoms with Crippen LogP contribution in [0.5, 0.6) is 0 Å². The summed E-state index contributed by atoms with van der Waals surface area (Å²) in [7, 11) is 0. The molecule has 0 amide bonds. The van der Waals surface area contributed by atoms with Crippen molar-refractivity contribution in [1.29, 1.82) is 0 Å². The first-order chi connectivity index (χ1) is 7.70. The number of rotatable bonds is 2.